The molecule has 0 amide bonds. The third kappa shape index (κ3) is 4.66. The molecule has 184 valence electrons. The first kappa shape index (κ1) is 25.2. The first-order valence-electron chi connectivity index (χ1n) is 10.9. The molecule has 0 aromatic heterocycles. The second-order valence-electron chi connectivity index (χ2n) is 9.60. The van der Waals surface area contributed by atoms with Crippen LogP contribution in [0.4, 0.5) is 11.4 Å². The maximum atomic E-state index is 11.5. The fourth-order valence-electron chi connectivity index (χ4n) is 4.35. The summed E-state index contributed by atoms with van der Waals surface area (Å²) in [5, 5.41) is 0. The van der Waals surface area contributed by atoms with E-state index in [-0.39, 0.29) is 9.79 Å². The third-order valence-corrected chi connectivity index (χ3v) is 8.25. The molecule has 2 aromatic rings. The van der Waals surface area contributed by atoms with Gasteiger partial charge in [0, 0.05) is 23.0 Å². The van der Waals surface area contributed by atoms with E-state index >= 15 is 0 Å². The smallest absolute Gasteiger partial charge is 0.282 e. The average molecular weight is 515 g/mol. The van der Waals surface area contributed by atoms with Gasteiger partial charge in [0.1, 0.15) is 0 Å². The zero-order valence-corrected chi connectivity index (χ0v) is 21.4. The van der Waals surface area contributed by atoms with Crippen LogP contribution in [-0.2, 0) is 31.1 Å². The van der Waals surface area contributed by atoms with Crippen LogP contribution in [0.5, 0.6) is 0 Å². The predicted octanol–water partition coefficient (Wildman–Crippen LogP) is 5.11. The molecular weight excluding hydrogens is 488 g/mol. The van der Waals surface area contributed by atoms with Crippen molar-refractivity contribution in [3.8, 4) is 0 Å². The van der Waals surface area contributed by atoms with Gasteiger partial charge in [-0.15, -0.1) is 0 Å². The Morgan fingerprint density at radius 3 is 1.83 bits per heavy atom. The number of rotatable bonds is 6. The maximum absolute atomic E-state index is 11.5. The molecule has 2 aliphatic heterocycles. The summed E-state index contributed by atoms with van der Waals surface area (Å²) >= 11 is 0. The fraction of sp³-hybridized carbons (Fsp3) is 0.280. The van der Waals surface area contributed by atoms with Crippen LogP contribution >= 0.6 is 0 Å². The van der Waals surface area contributed by atoms with Gasteiger partial charge in [0.05, 0.1) is 26.9 Å². The van der Waals surface area contributed by atoms with Gasteiger partial charge < -0.3 is 0 Å². The zero-order chi connectivity index (χ0) is 25.8. The highest BCUT2D eigenvalue weighted by Crippen LogP contribution is 2.43. The van der Waals surface area contributed by atoms with E-state index in [1.807, 2.05) is 52.0 Å². The van der Waals surface area contributed by atoms with Crippen LogP contribution in [0.15, 0.2) is 80.5 Å². The third-order valence-electron chi connectivity index (χ3n) is 6.55. The normalized spacial score (nSPS) is 18.6. The molecule has 0 radical (unpaired) electrons. The molecule has 0 fully saturated rings. The monoisotopic (exact) mass is 514 g/mol. The Morgan fingerprint density at radius 1 is 0.771 bits per heavy atom. The zero-order valence-electron chi connectivity index (χ0n) is 19.7. The van der Waals surface area contributed by atoms with Crippen LogP contribution in [-0.4, -0.2) is 37.4 Å². The summed E-state index contributed by atoms with van der Waals surface area (Å²) < 4.78 is 64.7. The van der Waals surface area contributed by atoms with Crippen molar-refractivity contribution in [2.75, 3.05) is 0 Å². The van der Waals surface area contributed by atoms with E-state index in [1.165, 1.54) is 24.3 Å². The minimum atomic E-state index is -4.30. The minimum absolute atomic E-state index is 0.149. The van der Waals surface area contributed by atoms with Crippen LogP contribution in [0.3, 0.4) is 0 Å². The topological polar surface area (TPSA) is 133 Å². The van der Waals surface area contributed by atoms with Gasteiger partial charge in [-0.2, -0.15) is 16.8 Å². The number of hydrogen-bond donors (Lipinski definition) is 2. The van der Waals surface area contributed by atoms with E-state index in [4.69, 9.17) is 0 Å². The van der Waals surface area contributed by atoms with Crippen molar-refractivity contribution in [2.24, 2.45) is 9.98 Å². The van der Waals surface area contributed by atoms with Gasteiger partial charge in [0.2, 0.25) is 0 Å². The number of nitrogens with zero attached hydrogens (tertiary/aromatic N) is 2. The van der Waals surface area contributed by atoms with Gasteiger partial charge in [0.25, 0.3) is 20.2 Å². The van der Waals surface area contributed by atoms with Crippen molar-refractivity contribution < 1.29 is 25.9 Å². The van der Waals surface area contributed by atoms with E-state index in [2.05, 4.69) is 9.98 Å². The highest BCUT2D eigenvalue weighted by atomic mass is 32.2. The molecule has 2 heterocycles. The summed E-state index contributed by atoms with van der Waals surface area (Å²) in [4.78, 5) is 8.95. The van der Waals surface area contributed by atoms with Gasteiger partial charge >= 0.3 is 0 Å². The minimum Gasteiger partial charge on any atom is -0.282 e. The Labute approximate surface area is 205 Å². The molecule has 0 bridgehead atoms. The van der Waals surface area contributed by atoms with E-state index in [0.717, 1.165) is 22.6 Å². The Kier molecular flexibility index (Phi) is 6.00. The fourth-order valence-corrected chi connectivity index (χ4v) is 5.36. The van der Waals surface area contributed by atoms with Crippen molar-refractivity contribution in [3.05, 3.63) is 71.8 Å². The number of allylic oxidation sites excluding steroid dienone is 4. The van der Waals surface area contributed by atoms with Gasteiger partial charge in [-0.1, -0.05) is 45.9 Å². The summed E-state index contributed by atoms with van der Waals surface area (Å²) in [6.07, 6.45) is 8.07. The van der Waals surface area contributed by atoms with Gasteiger partial charge in [0.15, 0.2) is 0 Å². The molecule has 0 saturated heterocycles. The molecular formula is C25H26N2O6S2. The number of fused-ring (bicyclic) bond motifs is 2. The Bertz CT molecular complexity index is 1560. The molecule has 0 spiro atoms. The molecule has 8 nitrogen and oxygen atoms in total. The first-order chi connectivity index (χ1) is 16.1. The molecule has 2 N–H and O–H groups in total. The Balaban J connectivity index is 1.47. The molecule has 0 aliphatic carbocycles. The molecule has 0 saturated carbocycles. The van der Waals surface area contributed by atoms with Crippen LogP contribution in [0, 0.1) is 0 Å². The molecule has 4 rings (SSSR count). The van der Waals surface area contributed by atoms with E-state index < -0.39 is 31.1 Å². The number of hydrogen-bond acceptors (Lipinski definition) is 6. The first-order valence-corrected chi connectivity index (χ1v) is 13.7. The van der Waals surface area contributed by atoms with Crippen molar-refractivity contribution >= 4 is 43.0 Å². The van der Waals surface area contributed by atoms with Crippen molar-refractivity contribution in [1.29, 1.82) is 0 Å². The predicted molar refractivity (Wildman–Crippen MR) is 136 cm³/mol. The van der Waals surface area contributed by atoms with E-state index in [0.29, 0.717) is 17.8 Å². The van der Waals surface area contributed by atoms with Crippen LogP contribution < -0.4 is 0 Å². The summed E-state index contributed by atoms with van der Waals surface area (Å²) in [6.45, 7) is 7.80. The number of aliphatic imine (C=N–C) groups is 2. The second kappa shape index (κ2) is 8.34. The Morgan fingerprint density at radius 2 is 1.29 bits per heavy atom. The maximum Gasteiger partial charge on any atom is 0.294 e. The summed E-state index contributed by atoms with van der Waals surface area (Å²) in [5.41, 5.74) is 3.41. The quantitative estimate of drug-likeness (QED) is 0.406. The van der Waals surface area contributed by atoms with Gasteiger partial charge in [-0.25, -0.2) is 0 Å². The highest BCUT2D eigenvalue weighted by molar-refractivity contribution is 7.86. The molecule has 35 heavy (non-hydrogen) atoms. The van der Waals surface area contributed by atoms with E-state index in [9.17, 15) is 25.9 Å². The lowest BCUT2D eigenvalue weighted by Gasteiger charge is -2.22. The van der Waals surface area contributed by atoms with Gasteiger partial charge in [-0.3, -0.25) is 19.1 Å². The van der Waals surface area contributed by atoms with E-state index in [1.54, 1.807) is 12.1 Å². The summed E-state index contributed by atoms with van der Waals surface area (Å²) in [6, 6.07) is 8.79. The molecule has 2 aliphatic rings. The number of benzene rings is 2. The van der Waals surface area contributed by atoms with Crippen LogP contribution in [0.1, 0.15) is 45.2 Å². The molecule has 10 heteroatoms. The largest absolute Gasteiger partial charge is 0.294 e. The van der Waals surface area contributed by atoms with Crippen molar-refractivity contribution in [3.63, 3.8) is 0 Å². The van der Waals surface area contributed by atoms with Crippen molar-refractivity contribution in [1.82, 2.24) is 0 Å². The molecule has 0 unspecified atom stereocenters. The van der Waals surface area contributed by atoms with Crippen LogP contribution in [0.25, 0.3) is 0 Å². The van der Waals surface area contributed by atoms with Crippen LogP contribution in [0.2, 0.25) is 0 Å². The Hall–Kier alpha value is -2.92. The SMILES string of the molecule is CC1(C)C(C=CC=CCC2=Nc3ccc(S(=O)(=O)O)cc3C2(C)C)=Nc2ccc(S(=O)(=O)O)cc21. The average Bonchev–Trinajstić information content (AvgIpc) is 3.15. The summed E-state index contributed by atoms with van der Waals surface area (Å²) in [7, 11) is -8.59. The van der Waals surface area contributed by atoms with Crippen molar-refractivity contribution in [2.45, 2.75) is 54.7 Å². The summed E-state index contributed by atoms with van der Waals surface area (Å²) in [5.74, 6) is 0. The molecule has 0 atom stereocenters. The second-order valence-corrected chi connectivity index (χ2v) is 12.4. The van der Waals surface area contributed by atoms with Gasteiger partial charge in [-0.05, 0) is 53.6 Å². The lowest BCUT2D eigenvalue weighted by molar-refractivity contribution is 0.480. The molecule has 2 aromatic carbocycles. The highest BCUT2D eigenvalue weighted by Gasteiger charge is 2.36. The lowest BCUT2D eigenvalue weighted by Crippen LogP contribution is -2.25. The lowest BCUT2D eigenvalue weighted by atomic mass is 9.80. The standard InChI is InChI=1S/C25H26N2O6S2/c1-24(2)18-14-16(34(28,29)30)10-12-20(18)26-22(24)8-6-5-7-9-23-25(3,4)19-15-17(35(31,32)33)11-13-21(19)27-23/h5-8,10-15H,9H2,1-4H3,(H,28,29,30)(H,31,32,33).